The number of nitrogens with one attached hydrogen (secondary N) is 2. The van der Waals surface area contributed by atoms with Crippen molar-refractivity contribution in [2.45, 2.75) is 10.6 Å². The molecule has 0 aliphatic rings. The Hall–Kier alpha value is -2.19. The van der Waals surface area contributed by atoms with Crippen LogP contribution in [0, 0.1) is 0 Å². The molecule has 2 rings (SSSR count). The maximum Gasteiger partial charge on any atom is 0.319 e. The number of para-hydroxylation sites is 2. The number of benzene rings is 2. The molecule has 2 aromatic carbocycles. The number of carbonyl (C=O) groups is 1. The molecule has 2 amide bonds. The second-order valence-electron chi connectivity index (χ2n) is 5.55. The minimum absolute atomic E-state index is 0.285. The minimum atomic E-state index is -3.16. The monoisotopic (exact) mass is 394 g/mol. The third-order valence-electron chi connectivity index (χ3n) is 3.51. The van der Waals surface area contributed by atoms with Gasteiger partial charge in [-0.1, -0.05) is 24.3 Å². The van der Waals surface area contributed by atoms with E-state index in [1.54, 1.807) is 43.1 Å². The average molecular weight is 395 g/mol. The SMILES string of the molecule is COc1ccccc1NC(=O)NCCSCc1ccc(S(C)(=O)=O)cc1. The van der Waals surface area contributed by atoms with Gasteiger partial charge < -0.3 is 15.4 Å². The summed E-state index contributed by atoms with van der Waals surface area (Å²) in [5.74, 6) is 2.10. The molecule has 0 heterocycles. The number of hydrogen-bond donors (Lipinski definition) is 2. The highest BCUT2D eigenvalue weighted by atomic mass is 32.2. The lowest BCUT2D eigenvalue weighted by atomic mass is 10.2. The summed E-state index contributed by atoms with van der Waals surface area (Å²) in [4.78, 5) is 12.2. The van der Waals surface area contributed by atoms with Crippen molar-refractivity contribution in [1.82, 2.24) is 5.32 Å². The van der Waals surface area contributed by atoms with Gasteiger partial charge in [-0.3, -0.25) is 0 Å². The van der Waals surface area contributed by atoms with Crippen molar-refractivity contribution < 1.29 is 17.9 Å². The first-order valence-corrected chi connectivity index (χ1v) is 11.0. The fraction of sp³-hybridized carbons (Fsp3) is 0.278. The Bertz CT molecular complexity index is 837. The standard InChI is InChI=1S/C18H22N2O4S2/c1-24-17-6-4-3-5-16(17)20-18(21)19-11-12-25-13-14-7-9-15(10-8-14)26(2,22)23/h3-10H,11-13H2,1-2H3,(H2,19,20,21). The van der Waals surface area contributed by atoms with E-state index in [9.17, 15) is 13.2 Å². The highest BCUT2D eigenvalue weighted by Gasteiger charge is 2.07. The van der Waals surface area contributed by atoms with Crippen LogP contribution in [0.25, 0.3) is 0 Å². The van der Waals surface area contributed by atoms with Crippen LogP contribution in [0.2, 0.25) is 0 Å². The van der Waals surface area contributed by atoms with E-state index in [0.29, 0.717) is 22.9 Å². The molecule has 8 heteroatoms. The topological polar surface area (TPSA) is 84.5 Å². The van der Waals surface area contributed by atoms with Crippen LogP contribution in [0.3, 0.4) is 0 Å². The number of methoxy groups -OCH3 is 1. The Labute approximate surface area is 158 Å². The number of hydrogen-bond acceptors (Lipinski definition) is 5. The molecule has 0 saturated carbocycles. The highest BCUT2D eigenvalue weighted by Crippen LogP contribution is 2.22. The third kappa shape index (κ3) is 6.27. The number of amides is 2. The summed E-state index contributed by atoms with van der Waals surface area (Å²) in [6.07, 6.45) is 1.19. The van der Waals surface area contributed by atoms with E-state index in [2.05, 4.69) is 10.6 Å². The molecule has 26 heavy (non-hydrogen) atoms. The van der Waals surface area contributed by atoms with E-state index in [1.807, 2.05) is 24.3 Å². The number of thioether (sulfide) groups is 1. The molecule has 0 unspecified atom stereocenters. The lowest BCUT2D eigenvalue weighted by Crippen LogP contribution is -2.30. The van der Waals surface area contributed by atoms with E-state index in [0.717, 1.165) is 17.1 Å². The van der Waals surface area contributed by atoms with Crippen LogP contribution in [-0.4, -0.2) is 40.1 Å². The quantitative estimate of drug-likeness (QED) is 0.672. The second-order valence-corrected chi connectivity index (χ2v) is 8.67. The molecule has 6 nitrogen and oxygen atoms in total. The van der Waals surface area contributed by atoms with Crippen molar-refractivity contribution in [2.24, 2.45) is 0 Å². The van der Waals surface area contributed by atoms with Crippen molar-refractivity contribution >= 4 is 33.3 Å². The smallest absolute Gasteiger partial charge is 0.319 e. The molecule has 140 valence electrons. The van der Waals surface area contributed by atoms with Crippen molar-refractivity contribution in [3.05, 3.63) is 54.1 Å². The van der Waals surface area contributed by atoms with E-state index >= 15 is 0 Å². The first-order chi connectivity index (χ1) is 12.4. The molecule has 0 aromatic heterocycles. The molecule has 0 atom stereocenters. The van der Waals surface area contributed by atoms with Gasteiger partial charge in [0.25, 0.3) is 0 Å². The van der Waals surface area contributed by atoms with Gasteiger partial charge in [-0.25, -0.2) is 13.2 Å². The highest BCUT2D eigenvalue weighted by molar-refractivity contribution is 7.98. The molecule has 0 saturated heterocycles. The van der Waals surface area contributed by atoms with Gasteiger partial charge >= 0.3 is 6.03 Å². The average Bonchev–Trinajstić information content (AvgIpc) is 2.61. The zero-order valence-corrected chi connectivity index (χ0v) is 16.3. The number of urea groups is 1. The third-order valence-corrected chi connectivity index (χ3v) is 5.67. The molecule has 2 N–H and O–H groups in total. The Morgan fingerprint density at radius 1 is 1.12 bits per heavy atom. The fourth-order valence-electron chi connectivity index (χ4n) is 2.17. The van der Waals surface area contributed by atoms with Gasteiger partial charge in [0.2, 0.25) is 0 Å². The van der Waals surface area contributed by atoms with Crippen molar-refractivity contribution in [3.8, 4) is 5.75 Å². The summed E-state index contributed by atoms with van der Waals surface area (Å²) in [5, 5.41) is 5.54. The first kappa shape index (κ1) is 20.1. The number of rotatable bonds is 8. The largest absolute Gasteiger partial charge is 0.495 e. The van der Waals surface area contributed by atoms with Gasteiger partial charge in [0.15, 0.2) is 9.84 Å². The summed E-state index contributed by atoms with van der Waals surface area (Å²) in [5.41, 5.74) is 1.66. The molecular weight excluding hydrogens is 372 g/mol. The molecular formula is C18H22N2O4S2. The summed E-state index contributed by atoms with van der Waals surface area (Å²) in [6.45, 7) is 0.521. The van der Waals surface area contributed by atoms with Crippen LogP contribution in [0.15, 0.2) is 53.4 Å². The summed E-state index contributed by atoms with van der Waals surface area (Å²) in [6, 6.07) is 13.8. The molecule has 2 aromatic rings. The number of anilines is 1. The molecule has 0 aliphatic heterocycles. The van der Waals surface area contributed by atoms with Crippen molar-refractivity contribution in [3.63, 3.8) is 0 Å². The molecule has 0 fully saturated rings. The van der Waals surface area contributed by atoms with Crippen molar-refractivity contribution in [1.29, 1.82) is 0 Å². The van der Waals surface area contributed by atoms with Gasteiger partial charge in [0.05, 0.1) is 17.7 Å². The summed E-state index contributed by atoms with van der Waals surface area (Å²) >= 11 is 1.66. The number of carbonyl (C=O) groups excluding carboxylic acids is 1. The Morgan fingerprint density at radius 3 is 2.46 bits per heavy atom. The van der Waals surface area contributed by atoms with E-state index in [4.69, 9.17) is 4.74 Å². The van der Waals surface area contributed by atoms with Gasteiger partial charge in [0.1, 0.15) is 5.75 Å². The van der Waals surface area contributed by atoms with Crippen LogP contribution in [-0.2, 0) is 15.6 Å². The van der Waals surface area contributed by atoms with Crippen LogP contribution in [0.5, 0.6) is 5.75 Å². The summed E-state index contributed by atoms with van der Waals surface area (Å²) in [7, 11) is -1.61. The maximum absolute atomic E-state index is 11.9. The summed E-state index contributed by atoms with van der Waals surface area (Å²) < 4.78 is 28.0. The van der Waals surface area contributed by atoms with Crippen molar-refractivity contribution in [2.75, 3.05) is 31.0 Å². The zero-order valence-electron chi connectivity index (χ0n) is 14.7. The van der Waals surface area contributed by atoms with Gasteiger partial charge in [0, 0.05) is 24.3 Å². The zero-order chi connectivity index (χ0) is 19.0. The maximum atomic E-state index is 11.9. The lowest BCUT2D eigenvalue weighted by molar-refractivity contribution is 0.252. The normalized spacial score (nSPS) is 11.0. The fourth-order valence-corrected chi connectivity index (χ4v) is 3.62. The van der Waals surface area contributed by atoms with Gasteiger partial charge in [-0.15, -0.1) is 0 Å². The molecule has 0 aliphatic carbocycles. The Morgan fingerprint density at radius 2 is 1.81 bits per heavy atom. The Kier molecular flexibility index (Phi) is 7.35. The predicted octanol–water partition coefficient (Wildman–Crippen LogP) is 3.15. The van der Waals surface area contributed by atoms with E-state index in [-0.39, 0.29) is 6.03 Å². The van der Waals surface area contributed by atoms with Crippen LogP contribution >= 0.6 is 11.8 Å². The second kappa shape index (κ2) is 9.49. The number of ether oxygens (including phenoxy) is 1. The number of sulfone groups is 1. The minimum Gasteiger partial charge on any atom is -0.495 e. The van der Waals surface area contributed by atoms with Gasteiger partial charge in [-0.2, -0.15) is 11.8 Å². The molecule has 0 radical (unpaired) electrons. The molecule has 0 spiro atoms. The van der Waals surface area contributed by atoms with Crippen LogP contribution in [0.4, 0.5) is 10.5 Å². The predicted molar refractivity (Wildman–Crippen MR) is 106 cm³/mol. The lowest BCUT2D eigenvalue weighted by Gasteiger charge is -2.10. The van der Waals surface area contributed by atoms with E-state index < -0.39 is 9.84 Å². The van der Waals surface area contributed by atoms with Crippen LogP contribution in [0.1, 0.15) is 5.56 Å². The van der Waals surface area contributed by atoms with E-state index in [1.165, 1.54) is 6.26 Å². The van der Waals surface area contributed by atoms with Crippen LogP contribution < -0.4 is 15.4 Å². The molecule has 0 bridgehead atoms. The van der Waals surface area contributed by atoms with Gasteiger partial charge in [-0.05, 0) is 29.8 Å². The first-order valence-electron chi connectivity index (χ1n) is 7.95. The Balaban J connectivity index is 1.69.